The fraction of sp³-hybridized carbons (Fsp3) is 0.286. The Kier molecular flexibility index (Phi) is 5.27. The van der Waals surface area contributed by atoms with E-state index in [0.29, 0.717) is 11.0 Å². The molecule has 0 bridgehead atoms. The summed E-state index contributed by atoms with van der Waals surface area (Å²) < 4.78 is 0.585. The summed E-state index contributed by atoms with van der Waals surface area (Å²) in [6, 6.07) is 9.91. The zero-order valence-corrected chi connectivity index (χ0v) is 11.1. The minimum Gasteiger partial charge on any atom is -0.323 e. The number of likely N-dealkylation sites (N-methyl/N-ethyl adjacent to an activating group) is 1. The number of benzene rings is 1. The van der Waals surface area contributed by atoms with Crippen LogP contribution in [0.3, 0.4) is 0 Å². The molecule has 0 radical (unpaired) electrons. The highest BCUT2D eigenvalue weighted by Crippen LogP contribution is 1.99. The summed E-state index contributed by atoms with van der Waals surface area (Å²) in [5.41, 5.74) is 3.59. The van der Waals surface area contributed by atoms with Gasteiger partial charge in [0.15, 0.2) is 6.54 Å². The molecule has 1 amide bonds. The maximum atomic E-state index is 11.4. The molecule has 1 aromatic rings. The maximum absolute atomic E-state index is 11.4. The van der Waals surface area contributed by atoms with Gasteiger partial charge in [-0.05, 0) is 11.6 Å². The lowest BCUT2D eigenvalue weighted by molar-refractivity contribution is -0.862. The smallest absolute Gasteiger partial charge is 0.295 e. The van der Waals surface area contributed by atoms with Crippen LogP contribution in [0.5, 0.6) is 0 Å². The number of allylic oxidation sites excluding steroid dienone is 1. The van der Waals surface area contributed by atoms with Crippen LogP contribution in [0, 0.1) is 0 Å². The number of hydrazone groups is 1. The van der Waals surface area contributed by atoms with E-state index >= 15 is 0 Å². The highest BCUT2D eigenvalue weighted by atomic mass is 16.2. The van der Waals surface area contributed by atoms with Crippen molar-refractivity contribution in [3.63, 3.8) is 0 Å². The monoisotopic (exact) mass is 246 g/mol. The minimum absolute atomic E-state index is 0.0909. The van der Waals surface area contributed by atoms with Crippen LogP contribution in [0.4, 0.5) is 0 Å². The number of nitrogens with zero attached hydrogens (tertiary/aromatic N) is 2. The quantitative estimate of drug-likeness (QED) is 0.477. The average molecular weight is 246 g/mol. The van der Waals surface area contributed by atoms with Gasteiger partial charge in [0.1, 0.15) is 0 Å². The average Bonchev–Trinajstić information content (AvgIpc) is 2.27. The second kappa shape index (κ2) is 6.71. The molecule has 4 nitrogen and oxygen atoms in total. The lowest BCUT2D eigenvalue weighted by Gasteiger charge is -2.21. The van der Waals surface area contributed by atoms with Crippen LogP contribution in [-0.4, -0.2) is 44.3 Å². The van der Waals surface area contributed by atoms with E-state index in [1.54, 1.807) is 12.3 Å². The van der Waals surface area contributed by atoms with Crippen molar-refractivity contribution >= 4 is 18.2 Å². The highest BCUT2D eigenvalue weighted by Gasteiger charge is 2.12. The number of carbonyl (C=O) groups is 1. The van der Waals surface area contributed by atoms with Crippen molar-refractivity contribution in [2.45, 2.75) is 0 Å². The molecule has 0 unspecified atom stereocenters. The van der Waals surface area contributed by atoms with E-state index < -0.39 is 0 Å². The van der Waals surface area contributed by atoms with E-state index in [2.05, 4.69) is 10.5 Å². The first-order valence-corrected chi connectivity index (χ1v) is 5.81. The SMILES string of the molecule is C[N+](C)(C)CC(=O)NN=CC=Cc1ccccc1. The molecule has 0 heterocycles. The third-order valence-corrected chi connectivity index (χ3v) is 2.06. The van der Waals surface area contributed by atoms with Crippen molar-refractivity contribution in [1.82, 2.24) is 5.43 Å². The highest BCUT2D eigenvalue weighted by molar-refractivity contribution is 5.81. The second-order valence-electron chi connectivity index (χ2n) is 5.03. The maximum Gasteiger partial charge on any atom is 0.295 e. The first-order chi connectivity index (χ1) is 8.47. The van der Waals surface area contributed by atoms with Gasteiger partial charge >= 0.3 is 0 Å². The largest absolute Gasteiger partial charge is 0.323 e. The molecule has 0 saturated heterocycles. The number of amides is 1. The van der Waals surface area contributed by atoms with Crippen molar-refractivity contribution in [1.29, 1.82) is 0 Å². The Morgan fingerprint density at radius 3 is 2.56 bits per heavy atom. The molecule has 1 N–H and O–H groups in total. The van der Waals surface area contributed by atoms with Gasteiger partial charge in [0.25, 0.3) is 5.91 Å². The van der Waals surface area contributed by atoms with Gasteiger partial charge in [0.2, 0.25) is 0 Å². The van der Waals surface area contributed by atoms with Crippen LogP contribution < -0.4 is 5.43 Å². The predicted molar refractivity (Wildman–Crippen MR) is 75.0 cm³/mol. The first kappa shape index (κ1) is 14.1. The van der Waals surface area contributed by atoms with E-state index in [1.165, 1.54) is 0 Å². The molecule has 4 heteroatoms. The van der Waals surface area contributed by atoms with Crippen LogP contribution in [0.1, 0.15) is 5.56 Å². The standard InChI is InChI=1S/C14H19N3O/c1-17(2,3)12-14(18)16-15-11-7-10-13-8-5-4-6-9-13/h4-11H,12H2,1-3H3/p+1. The molecule has 0 aliphatic carbocycles. The van der Waals surface area contributed by atoms with Gasteiger partial charge in [-0.3, -0.25) is 4.79 Å². The van der Waals surface area contributed by atoms with Crippen molar-refractivity contribution in [3.8, 4) is 0 Å². The number of nitrogens with one attached hydrogen (secondary N) is 1. The van der Waals surface area contributed by atoms with Crippen LogP contribution in [0.15, 0.2) is 41.5 Å². The molecule has 0 aromatic heterocycles. The normalized spacial score (nSPS) is 12.2. The summed E-state index contributed by atoms with van der Waals surface area (Å²) in [6.07, 6.45) is 5.29. The Balaban J connectivity index is 2.34. The van der Waals surface area contributed by atoms with Gasteiger partial charge in [-0.2, -0.15) is 5.10 Å². The van der Waals surface area contributed by atoms with Gasteiger partial charge in [0, 0.05) is 6.21 Å². The van der Waals surface area contributed by atoms with Gasteiger partial charge < -0.3 is 4.48 Å². The molecule has 0 aliphatic heterocycles. The number of carbonyl (C=O) groups excluding carboxylic acids is 1. The van der Waals surface area contributed by atoms with Gasteiger partial charge in [-0.1, -0.05) is 36.4 Å². The summed E-state index contributed by atoms with van der Waals surface area (Å²) in [5, 5.41) is 3.85. The van der Waals surface area contributed by atoms with E-state index in [0.717, 1.165) is 5.56 Å². The Hall–Kier alpha value is -1.94. The third kappa shape index (κ3) is 6.60. The first-order valence-electron chi connectivity index (χ1n) is 5.81. The van der Waals surface area contributed by atoms with Gasteiger partial charge in [-0.15, -0.1) is 0 Å². The van der Waals surface area contributed by atoms with E-state index in [1.807, 2.05) is 57.6 Å². The molecule has 0 saturated carbocycles. The summed E-state index contributed by atoms with van der Waals surface area (Å²) in [5.74, 6) is -0.0909. The van der Waals surface area contributed by atoms with E-state index in [-0.39, 0.29) is 5.91 Å². The number of quaternary nitrogens is 1. The number of hydrogen-bond donors (Lipinski definition) is 1. The minimum atomic E-state index is -0.0909. The molecule has 0 spiro atoms. The Bertz CT molecular complexity index is 430. The van der Waals surface area contributed by atoms with Crippen molar-refractivity contribution in [2.75, 3.05) is 27.7 Å². The number of rotatable bonds is 5. The Morgan fingerprint density at radius 1 is 1.28 bits per heavy atom. The van der Waals surface area contributed by atoms with Crippen LogP contribution in [-0.2, 0) is 4.79 Å². The van der Waals surface area contributed by atoms with Crippen LogP contribution in [0.25, 0.3) is 6.08 Å². The summed E-state index contributed by atoms with van der Waals surface area (Å²) >= 11 is 0. The Morgan fingerprint density at radius 2 is 1.94 bits per heavy atom. The molecule has 18 heavy (non-hydrogen) atoms. The zero-order valence-electron chi connectivity index (χ0n) is 11.1. The lowest BCUT2D eigenvalue weighted by Crippen LogP contribution is -2.43. The molecule has 96 valence electrons. The van der Waals surface area contributed by atoms with E-state index in [4.69, 9.17) is 0 Å². The Labute approximate surface area is 108 Å². The summed E-state index contributed by atoms with van der Waals surface area (Å²) in [6.45, 7) is 0.403. The van der Waals surface area contributed by atoms with Crippen molar-refractivity contribution in [3.05, 3.63) is 42.0 Å². The molecule has 0 atom stereocenters. The molecule has 1 aromatic carbocycles. The second-order valence-corrected chi connectivity index (χ2v) is 5.03. The fourth-order valence-electron chi connectivity index (χ4n) is 1.34. The lowest BCUT2D eigenvalue weighted by atomic mass is 10.2. The van der Waals surface area contributed by atoms with E-state index in [9.17, 15) is 4.79 Å². The molecule has 0 fully saturated rings. The van der Waals surface area contributed by atoms with Crippen LogP contribution in [0.2, 0.25) is 0 Å². The van der Waals surface area contributed by atoms with Crippen LogP contribution >= 0.6 is 0 Å². The predicted octanol–water partition coefficient (Wildman–Crippen LogP) is 1.51. The van der Waals surface area contributed by atoms with Crippen molar-refractivity contribution in [2.24, 2.45) is 5.10 Å². The topological polar surface area (TPSA) is 41.5 Å². The van der Waals surface area contributed by atoms with Gasteiger partial charge in [0.05, 0.1) is 21.1 Å². The molecular weight excluding hydrogens is 226 g/mol. The summed E-state index contributed by atoms with van der Waals surface area (Å²) in [4.78, 5) is 11.4. The zero-order chi connectivity index (χ0) is 13.4. The summed E-state index contributed by atoms with van der Waals surface area (Å²) in [7, 11) is 5.87. The number of hydrogen-bond acceptors (Lipinski definition) is 2. The van der Waals surface area contributed by atoms with Gasteiger partial charge in [-0.25, -0.2) is 5.43 Å². The molecule has 0 aliphatic rings. The molecule has 1 rings (SSSR count). The van der Waals surface area contributed by atoms with Crippen molar-refractivity contribution < 1.29 is 9.28 Å². The molecular formula is C14H20N3O+. The fourth-order valence-corrected chi connectivity index (χ4v) is 1.34. The third-order valence-electron chi connectivity index (χ3n) is 2.06.